The lowest BCUT2D eigenvalue weighted by atomic mass is 9.93. The molecule has 1 fully saturated rings. The lowest BCUT2D eigenvalue weighted by Gasteiger charge is -2.28. The van der Waals surface area contributed by atoms with Crippen LogP contribution in [0.15, 0.2) is 48.7 Å². The smallest absolute Gasteiger partial charge is 0.244 e. The molecule has 0 bridgehead atoms. The monoisotopic (exact) mass is 381 g/mol. The number of hydrogen-bond acceptors (Lipinski definition) is 4. The quantitative estimate of drug-likeness (QED) is 0.790. The van der Waals surface area contributed by atoms with Crippen LogP contribution < -0.4 is 10.1 Å². The molecule has 1 aliphatic rings. The second-order valence-corrected chi connectivity index (χ2v) is 6.86. The Morgan fingerprint density at radius 3 is 2.67 bits per heavy atom. The van der Waals surface area contributed by atoms with Crippen LogP contribution in [0.25, 0.3) is 6.08 Å². The molecule has 1 saturated carbocycles. The van der Waals surface area contributed by atoms with Crippen molar-refractivity contribution in [2.45, 2.75) is 37.8 Å². The summed E-state index contributed by atoms with van der Waals surface area (Å²) in [6.07, 6.45) is 8.23. The van der Waals surface area contributed by atoms with E-state index in [0.29, 0.717) is 16.5 Å². The minimum atomic E-state index is -0.118. The summed E-state index contributed by atoms with van der Waals surface area (Å²) >= 11 is 6.08. The van der Waals surface area contributed by atoms with Crippen molar-refractivity contribution >= 4 is 23.6 Å². The van der Waals surface area contributed by atoms with Crippen LogP contribution in [0.3, 0.4) is 0 Å². The number of aromatic nitrogens is 1. The zero-order valence-electron chi connectivity index (χ0n) is 14.8. The molecule has 6 heteroatoms. The number of nitrogens with one attached hydrogen (secondary N) is 1. The van der Waals surface area contributed by atoms with Gasteiger partial charge in [0.05, 0.1) is 5.56 Å². The molecule has 0 radical (unpaired) electrons. The van der Waals surface area contributed by atoms with E-state index in [1.54, 1.807) is 24.3 Å². The fraction of sp³-hybridized carbons (Fsp3) is 0.286. The highest BCUT2D eigenvalue weighted by atomic mass is 35.5. The Labute approximate surface area is 163 Å². The molecule has 1 aliphatic carbocycles. The van der Waals surface area contributed by atoms with Gasteiger partial charge in [-0.1, -0.05) is 29.8 Å². The maximum absolute atomic E-state index is 12.1. The summed E-state index contributed by atoms with van der Waals surface area (Å²) in [5, 5.41) is 12.4. The van der Waals surface area contributed by atoms with Crippen LogP contribution >= 0.6 is 11.6 Å². The number of halogens is 1. The lowest BCUT2D eigenvalue weighted by Crippen LogP contribution is -2.39. The van der Waals surface area contributed by atoms with Crippen molar-refractivity contribution in [1.29, 1.82) is 5.26 Å². The Morgan fingerprint density at radius 2 is 2.00 bits per heavy atom. The number of nitrogens with zero attached hydrogens (tertiary/aromatic N) is 2. The summed E-state index contributed by atoms with van der Waals surface area (Å²) in [5.41, 5.74) is 1.33. The van der Waals surface area contributed by atoms with Crippen LogP contribution in [-0.2, 0) is 4.79 Å². The molecule has 1 amide bonds. The number of ether oxygens (including phenoxy) is 1. The maximum atomic E-state index is 12.1. The highest BCUT2D eigenvalue weighted by Gasteiger charge is 2.23. The molecule has 1 aromatic carbocycles. The first-order chi connectivity index (χ1) is 13.1. The highest BCUT2D eigenvalue weighted by molar-refractivity contribution is 6.32. The first kappa shape index (κ1) is 18.9. The van der Waals surface area contributed by atoms with Crippen LogP contribution in [0.2, 0.25) is 5.02 Å². The van der Waals surface area contributed by atoms with Gasteiger partial charge in [0.15, 0.2) is 0 Å². The van der Waals surface area contributed by atoms with Gasteiger partial charge in [-0.3, -0.25) is 4.79 Å². The third-order valence-electron chi connectivity index (χ3n) is 4.49. The summed E-state index contributed by atoms with van der Waals surface area (Å²) in [5.74, 6) is 0.414. The Bertz CT molecular complexity index is 850. The molecule has 0 atom stereocenters. The fourth-order valence-corrected chi connectivity index (χ4v) is 3.24. The molecule has 3 rings (SSSR count). The van der Waals surface area contributed by atoms with E-state index in [1.807, 2.05) is 24.3 Å². The zero-order valence-corrected chi connectivity index (χ0v) is 15.5. The van der Waals surface area contributed by atoms with Crippen molar-refractivity contribution in [3.8, 4) is 11.9 Å². The largest absolute Gasteiger partial charge is 0.474 e. The van der Waals surface area contributed by atoms with Gasteiger partial charge in [0.2, 0.25) is 11.8 Å². The van der Waals surface area contributed by atoms with E-state index in [1.165, 1.54) is 12.3 Å². The van der Waals surface area contributed by atoms with Crippen molar-refractivity contribution in [1.82, 2.24) is 10.3 Å². The Kier molecular flexibility index (Phi) is 6.45. The molecule has 1 N–H and O–H groups in total. The number of carbonyl (C=O) groups is 1. The SMILES string of the molecule is N#Cc1ccc(OC2CCC(NC(=O)/C=C/c3ccccc3Cl)CC2)nc1. The molecule has 1 aromatic heterocycles. The molecular formula is C21H20ClN3O2. The first-order valence-electron chi connectivity index (χ1n) is 8.90. The normalized spacial score (nSPS) is 19.4. The van der Waals surface area contributed by atoms with E-state index < -0.39 is 0 Å². The van der Waals surface area contributed by atoms with Crippen LogP contribution in [-0.4, -0.2) is 23.0 Å². The van der Waals surface area contributed by atoms with Gasteiger partial charge in [0, 0.05) is 29.4 Å². The maximum Gasteiger partial charge on any atom is 0.244 e. The molecule has 0 aliphatic heterocycles. The minimum Gasteiger partial charge on any atom is -0.474 e. The van der Waals surface area contributed by atoms with Gasteiger partial charge >= 0.3 is 0 Å². The van der Waals surface area contributed by atoms with E-state index in [0.717, 1.165) is 31.2 Å². The van der Waals surface area contributed by atoms with E-state index in [-0.39, 0.29) is 18.1 Å². The van der Waals surface area contributed by atoms with E-state index in [4.69, 9.17) is 21.6 Å². The summed E-state index contributed by atoms with van der Waals surface area (Å²) in [4.78, 5) is 16.3. The Hall–Kier alpha value is -2.84. The fourth-order valence-electron chi connectivity index (χ4n) is 3.04. The number of benzene rings is 1. The summed E-state index contributed by atoms with van der Waals surface area (Å²) in [6.45, 7) is 0. The minimum absolute atomic E-state index is 0.0808. The zero-order chi connectivity index (χ0) is 19.1. The average molecular weight is 382 g/mol. The topological polar surface area (TPSA) is 75.0 Å². The standard InChI is InChI=1S/C21H20ClN3O2/c22-19-4-2-1-3-16(19)6-11-20(26)25-17-7-9-18(10-8-17)27-21-12-5-15(13-23)14-24-21/h1-6,11-12,14,17-18H,7-10H2,(H,25,26)/b11-6+. The summed E-state index contributed by atoms with van der Waals surface area (Å²) in [7, 11) is 0. The molecule has 5 nitrogen and oxygen atoms in total. The van der Waals surface area contributed by atoms with Crippen LogP contribution in [0.4, 0.5) is 0 Å². The molecule has 27 heavy (non-hydrogen) atoms. The van der Waals surface area contributed by atoms with Crippen LogP contribution in [0.5, 0.6) is 5.88 Å². The second kappa shape index (κ2) is 9.20. The first-order valence-corrected chi connectivity index (χ1v) is 9.28. The molecule has 138 valence electrons. The number of pyridine rings is 1. The van der Waals surface area contributed by atoms with Gasteiger partial charge in [-0.05, 0) is 49.5 Å². The molecule has 0 saturated heterocycles. The molecule has 1 heterocycles. The second-order valence-electron chi connectivity index (χ2n) is 6.45. The van der Waals surface area contributed by atoms with Gasteiger partial charge in [0.1, 0.15) is 12.2 Å². The Morgan fingerprint density at radius 1 is 1.22 bits per heavy atom. The summed E-state index contributed by atoms with van der Waals surface area (Å²) in [6, 6.07) is 13.0. The van der Waals surface area contributed by atoms with Gasteiger partial charge in [-0.15, -0.1) is 0 Å². The molecule has 0 unspecified atom stereocenters. The predicted octanol–water partition coefficient (Wildman–Crippen LogP) is 4.13. The van der Waals surface area contributed by atoms with Crippen LogP contribution in [0, 0.1) is 11.3 Å². The molecule has 0 spiro atoms. The third-order valence-corrected chi connectivity index (χ3v) is 4.84. The summed E-state index contributed by atoms with van der Waals surface area (Å²) < 4.78 is 5.86. The Balaban J connectivity index is 1.44. The number of hydrogen-bond donors (Lipinski definition) is 1. The van der Waals surface area contributed by atoms with Gasteiger partial charge < -0.3 is 10.1 Å². The molecular weight excluding hydrogens is 362 g/mol. The van der Waals surface area contributed by atoms with Crippen molar-refractivity contribution in [2.75, 3.05) is 0 Å². The molecule has 2 aromatic rings. The lowest BCUT2D eigenvalue weighted by molar-refractivity contribution is -0.117. The van der Waals surface area contributed by atoms with Gasteiger partial charge in [0.25, 0.3) is 0 Å². The van der Waals surface area contributed by atoms with Crippen molar-refractivity contribution in [3.63, 3.8) is 0 Å². The number of amides is 1. The average Bonchev–Trinajstić information content (AvgIpc) is 2.69. The van der Waals surface area contributed by atoms with E-state index >= 15 is 0 Å². The number of carbonyl (C=O) groups excluding carboxylic acids is 1. The van der Waals surface area contributed by atoms with Crippen molar-refractivity contribution in [2.24, 2.45) is 0 Å². The predicted molar refractivity (Wildman–Crippen MR) is 104 cm³/mol. The van der Waals surface area contributed by atoms with E-state index in [2.05, 4.69) is 10.3 Å². The third kappa shape index (κ3) is 5.57. The number of nitriles is 1. The van der Waals surface area contributed by atoms with Gasteiger partial charge in [-0.25, -0.2) is 4.98 Å². The van der Waals surface area contributed by atoms with Crippen molar-refractivity contribution in [3.05, 3.63) is 64.8 Å². The van der Waals surface area contributed by atoms with E-state index in [9.17, 15) is 4.79 Å². The highest BCUT2D eigenvalue weighted by Crippen LogP contribution is 2.23. The number of rotatable bonds is 5. The van der Waals surface area contributed by atoms with Crippen LogP contribution in [0.1, 0.15) is 36.8 Å². The van der Waals surface area contributed by atoms with Gasteiger partial charge in [-0.2, -0.15) is 5.26 Å². The van der Waals surface area contributed by atoms with Crippen molar-refractivity contribution < 1.29 is 9.53 Å².